The lowest BCUT2D eigenvalue weighted by Gasteiger charge is -2.30. The zero-order valence-corrected chi connectivity index (χ0v) is 58.4. The van der Waals surface area contributed by atoms with Crippen LogP contribution in [0.5, 0.6) is 0 Å². The second-order valence-electron chi connectivity index (χ2n) is 30.2. The van der Waals surface area contributed by atoms with Crippen molar-refractivity contribution in [2.45, 2.75) is 233 Å². The van der Waals surface area contributed by atoms with Crippen LogP contribution in [-0.2, 0) is 19.3 Å². The van der Waals surface area contributed by atoms with E-state index in [4.69, 9.17) is 0 Å². The maximum Gasteiger partial charge on any atom is -0.0000469 e. The van der Waals surface area contributed by atoms with Crippen LogP contribution in [0, 0.1) is 0 Å². The Balaban J connectivity index is 0.978. The summed E-state index contributed by atoms with van der Waals surface area (Å²) < 4.78 is 0. The van der Waals surface area contributed by atoms with Gasteiger partial charge in [0.15, 0.2) is 0 Å². The second-order valence-corrected chi connectivity index (χ2v) is 30.2. The van der Waals surface area contributed by atoms with E-state index >= 15 is 0 Å². The van der Waals surface area contributed by atoms with Gasteiger partial charge in [-0.15, -0.1) is 0 Å². The minimum atomic E-state index is 1.10. The molecule has 0 radical (unpaired) electrons. The maximum absolute atomic E-state index is 2.72. The average Bonchev–Trinajstić information content (AvgIpc) is 0.643. The Morgan fingerprint density at radius 2 is 0.323 bits per heavy atom. The largest absolute Gasteiger partial charge is 0.0654 e. The molecule has 0 aliphatic rings. The molecule has 0 aliphatic carbocycles. The summed E-state index contributed by atoms with van der Waals surface area (Å²) in [4.78, 5) is 0. The summed E-state index contributed by atoms with van der Waals surface area (Å²) in [5.41, 5.74) is 12.3. The van der Waals surface area contributed by atoms with Crippen molar-refractivity contribution in [3.63, 3.8) is 0 Å². The quantitative estimate of drug-likeness (QED) is 0.0209. The van der Waals surface area contributed by atoms with Crippen LogP contribution in [0.25, 0.3) is 163 Å². The molecular formula is C96H102. The number of rotatable bonds is 36. The summed E-state index contributed by atoms with van der Waals surface area (Å²) in [7, 11) is 0. The van der Waals surface area contributed by atoms with Gasteiger partial charge in [0.1, 0.15) is 0 Å². The fraction of sp³-hybridized carbons (Fsp3) is 0.375. The predicted octanol–water partition coefficient (Wildman–Crippen LogP) is 30.5. The van der Waals surface area contributed by atoms with Crippen molar-refractivity contribution in [2.24, 2.45) is 0 Å². The minimum absolute atomic E-state index is 1.10. The number of aryl methyl sites for hydroxylation is 3. The van der Waals surface area contributed by atoms with Crippen molar-refractivity contribution in [1.29, 1.82) is 0 Å². The smallest absolute Gasteiger partial charge is 0.0000469 e. The van der Waals surface area contributed by atoms with Crippen LogP contribution >= 0.6 is 0 Å². The number of hydrogen-bond donors (Lipinski definition) is 0. The van der Waals surface area contributed by atoms with Gasteiger partial charge in [-0.1, -0.05) is 322 Å². The highest BCUT2D eigenvalue weighted by Crippen LogP contribution is 2.62. The van der Waals surface area contributed by atoms with E-state index < -0.39 is 0 Å². The number of benzene rings is 16. The van der Waals surface area contributed by atoms with Gasteiger partial charge in [-0.2, -0.15) is 0 Å². The molecule has 0 heteroatoms. The van der Waals surface area contributed by atoms with Gasteiger partial charge in [0.25, 0.3) is 0 Å². The summed E-state index contributed by atoms with van der Waals surface area (Å²) in [6.07, 6.45) is 43.7. The Bertz CT molecular complexity index is 4500. The molecule has 96 heavy (non-hydrogen) atoms. The van der Waals surface area contributed by atoms with Crippen LogP contribution in [0.2, 0.25) is 0 Å². The summed E-state index contributed by atoms with van der Waals surface area (Å²) in [5.74, 6) is 0. The van der Waals surface area contributed by atoms with Crippen molar-refractivity contribution in [3.8, 4) is 33.4 Å². The normalized spacial score (nSPS) is 12.7. The van der Waals surface area contributed by atoms with Crippen LogP contribution in [0.4, 0.5) is 0 Å². The molecule has 0 atom stereocenters. The monoisotopic (exact) mass is 1250 g/mol. The molecule has 0 saturated carbocycles. The topological polar surface area (TPSA) is 0 Å². The Kier molecular flexibility index (Phi) is 18.6. The lowest BCUT2D eigenvalue weighted by molar-refractivity contribution is 0.556. The Morgan fingerprint density at radius 3 is 0.510 bits per heavy atom. The van der Waals surface area contributed by atoms with Gasteiger partial charge in [0.2, 0.25) is 0 Å². The molecular weight excluding hydrogens is 1150 g/mol. The fourth-order valence-corrected chi connectivity index (χ4v) is 18.7. The Labute approximate surface area is 572 Å². The van der Waals surface area contributed by atoms with Gasteiger partial charge in [-0.3, -0.25) is 0 Å². The number of fused-ring (bicyclic) bond motifs is 6. The van der Waals surface area contributed by atoms with Crippen molar-refractivity contribution in [2.75, 3.05) is 0 Å². The molecule has 0 aromatic heterocycles. The van der Waals surface area contributed by atoms with Crippen molar-refractivity contribution in [3.05, 3.63) is 180 Å². The first-order valence-electron chi connectivity index (χ1n) is 39.1. The molecule has 0 N–H and O–H groups in total. The summed E-state index contributed by atoms with van der Waals surface area (Å²) in [6, 6.07) is 66.4. The lowest BCUT2D eigenvalue weighted by atomic mass is 9.72. The van der Waals surface area contributed by atoms with Gasteiger partial charge >= 0.3 is 0 Å². The van der Waals surface area contributed by atoms with E-state index in [-0.39, 0.29) is 0 Å². The summed E-state index contributed by atoms with van der Waals surface area (Å²) in [6.45, 7) is 6.99. The molecule has 0 fully saturated rings. The lowest BCUT2D eigenvalue weighted by Crippen LogP contribution is -2.02. The number of hydrogen-bond acceptors (Lipinski definition) is 0. The van der Waals surface area contributed by atoms with Gasteiger partial charge in [-0.05, 0) is 254 Å². The van der Waals surface area contributed by atoms with E-state index in [9.17, 15) is 0 Å². The van der Waals surface area contributed by atoms with E-state index in [0.29, 0.717) is 0 Å². The van der Waals surface area contributed by atoms with E-state index in [2.05, 4.69) is 185 Å². The molecule has 0 spiro atoms. The third kappa shape index (κ3) is 11.6. The molecule has 0 heterocycles. The van der Waals surface area contributed by atoms with Crippen molar-refractivity contribution >= 4 is 129 Å². The first-order chi connectivity index (χ1) is 47.6. The van der Waals surface area contributed by atoms with E-state index in [0.717, 1.165) is 19.3 Å². The van der Waals surface area contributed by atoms with Crippen molar-refractivity contribution in [1.82, 2.24) is 0 Å². The second kappa shape index (κ2) is 28.3. The zero-order chi connectivity index (χ0) is 64.5. The Morgan fingerprint density at radius 1 is 0.156 bits per heavy atom. The molecule has 16 rings (SSSR count). The van der Waals surface area contributed by atoms with Crippen LogP contribution in [0.1, 0.15) is 230 Å². The van der Waals surface area contributed by atoms with Crippen LogP contribution < -0.4 is 0 Å². The third-order valence-corrected chi connectivity index (χ3v) is 23.5. The highest BCUT2D eigenvalue weighted by atomic mass is 14.4. The predicted molar refractivity (Wildman–Crippen MR) is 427 cm³/mol. The van der Waals surface area contributed by atoms with Gasteiger partial charge < -0.3 is 0 Å². The third-order valence-electron chi connectivity index (χ3n) is 23.5. The highest BCUT2D eigenvalue weighted by Gasteiger charge is 2.33. The first kappa shape index (κ1) is 63.0. The molecule has 0 nitrogen and oxygen atoms in total. The first-order valence-corrected chi connectivity index (χ1v) is 39.1. The molecule has 0 saturated heterocycles. The molecule has 16 aromatic carbocycles. The van der Waals surface area contributed by atoms with E-state index in [1.807, 2.05) is 0 Å². The standard InChI is InChI=1S/C96H102/c1-4-7-10-13-16-19-22-25-28-34-43-64-52-73-79-58-70(67-46-37-31-38-47-67)60-81-75-54-65(44-35-29-26-23-20-17-14-11-8-5-2)56-77-83-62-72(69-50-41-33-42-51-69)63-84-78-57-66(45-36-30-27-24-21-18-15-12-9-6-3)55-76-82-61-71(68-48-39-32-40-49-68)59-80-74(53-64)85(73)91-94(88(79)81)92(86(75)77)96(90(83)84)93(87(76)78)95(91)89(80)82/h31-33,37-42,46-63H,4-30,34-36,43-45H2,1-3H3. The van der Waals surface area contributed by atoms with Crippen LogP contribution in [-0.4, -0.2) is 0 Å². The number of unbranched alkanes of at least 4 members (excludes halogenated alkanes) is 27. The fourth-order valence-electron chi connectivity index (χ4n) is 18.7. The van der Waals surface area contributed by atoms with E-state index in [1.165, 1.54) is 372 Å². The van der Waals surface area contributed by atoms with E-state index in [1.54, 1.807) is 0 Å². The molecule has 0 amide bonds. The highest BCUT2D eigenvalue weighted by molar-refractivity contribution is 6.61. The molecule has 16 aromatic rings. The van der Waals surface area contributed by atoms with Gasteiger partial charge in [0, 0.05) is 0 Å². The molecule has 0 unspecified atom stereocenters. The molecule has 486 valence electrons. The minimum Gasteiger partial charge on any atom is -0.0654 e. The summed E-state index contributed by atoms with van der Waals surface area (Å²) in [5, 5.41) is 35.1. The van der Waals surface area contributed by atoms with Crippen molar-refractivity contribution < 1.29 is 0 Å². The Hall–Kier alpha value is -7.80. The van der Waals surface area contributed by atoms with Crippen LogP contribution in [0.3, 0.4) is 0 Å². The van der Waals surface area contributed by atoms with Gasteiger partial charge in [0.05, 0.1) is 0 Å². The molecule has 0 aliphatic heterocycles. The SMILES string of the molecule is CCCCCCCCCCCCc1cc2c3cc(-c4ccccc4)cc4c5cc(CCCCCCCCCCCC)cc6c7cc(-c8ccccc8)cc8c9cc(CCCCCCCCCCCC)cc%10c%11cc(-c%12ccccc%12)cc%12c(c1)c2c1c(c34)c(c56)c(c78)c(c%109)c1c%12%11. The summed E-state index contributed by atoms with van der Waals surface area (Å²) >= 11 is 0. The average molecular weight is 1260 g/mol. The maximum atomic E-state index is 2.72. The van der Waals surface area contributed by atoms with Crippen LogP contribution in [0.15, 0.2) is 164 Å². The zero-order valence-electron chi connectivity index (χ0n) is 58.4. The van der Waals surface area contributed by atoms with Gasteiger partial charge in [-0.25, -0.2) is 0 Å². The molecule has 0 bridgehead atoms.